The van der Waals surface area contributed by atoms with Gasteiger partial charge in [-0.3, -0.25) is 13.9 Å². The maximum absolute atomic E-state index is 13.6. The minimum absolute atomic E-state index is 0.0423. The lowest BCUT2D eigenvalue weighted by Crippen LogP contribution is -2.60. The van der Waals surface area contributed by atoms with Crippen LogP contribution >= 0.6 is 0 Å². The minimum Gasteiger partial charge on any atom is -0.299 e. The summed E-state index contributed by atoms with van der Waals surface area (Å²) in [5.74, 6) is 2.21. The number of fused-ring (bicyclic) bond motifs is 5. The Morgan fingerprint density at radius 1 is 0.895 bits per heavy atom. The molecule has 4 fully saturated rings. The van der Waals surface area contributed by atoms with E-state index in [0.29, 0.717) is 30.1 Å². The first-order chi connectivity index (χ1) is 17.4. The van der Waals surface area contributed by atoms with Crippen LogP contribution in [0.1, 0.15) is 98.8 Å². The third-order valence-electron chi connectivity index (χ3n) is 11.1. The fraction of sp³-hybridized carbons (Fsp3) is 0.963. The van der Waals surface area contributed by atoms with Crippen molar-refractivity contribution in [2.75, 3.05) is 0 Å². The van der Waals surface area contributed by atoms with E-state index in [4.69, 9.17) is 8.37 Å². The molecule has 220 valence electrons. The van der Waals surface area contributed by atoms with E-state index in [1.807, 2.05) is 6.92 Å². The predicted octanol–water partition coefficient (Wildman–Crippen LogP) is 5.27. The van der Waals surface area contributed by atoms with E-state index in [-0.39, 0.29) is 35.9 Å². The Bertz CT molecular complexity index is 1100. The standard InChI is InChI=1S/C27H46O9S2/c1-16(2)7-6-8-17(3)19-9-10-20-18-13-23(28)22-14-24(35-37(29,30)31)25(36-38(32,33)34)15-27(22,5)21(18)11-12-26(19,20)4/h16-22,24-25H,6-15H2,1-5H3,(H,29,30,31)(H,32,33,34)/t17-,18+,19-,20+,21+,22-,24-,25+,26-,27-/m1/s1. The maximum Gasteiger partial charge on any atom is 0.397 e. The molecule has 0 unspecified atom stereocenters. The Morgan fingerprint density at radius 2 is 1.50 bits per heavy atom. The van der Waals surface area contributed by atoms with Crippen LogP contribution in [-0.2, 0) is 34.0 Å². The molecule has 4 aliphatic carbocycles. The minimum atomic E-state index is -4.92. The van der Waals surface area contributed by atoms with Gasteiger partial charge in [0.25, 0.3) is 0 Å². The van der Waals surface area contributed by atoms with Crippen LogP contribution in [0.5, 0.6) is 0 Å². The normalized spacial score (nSPS) is 42.4. The average Bonchev–Trinajstić information content (AvgIpc) is 3.10. The van der Waals surface area contributed by atoms with Crippen LogP contribution in [0.2, 0.25) is 0 Å². The highest BCUT2D eigenvalue weighted by Gasteiger charge is 2.64. The molecule has 0 heterocycles. The Labute approximate surface area is 228 Å². The SMILES string of the molecule is CC(C)CCC[C@@H](C)[C@H]1CC[C@H]2[C@@H]3CC(=O)[C@H]4C[C@@H](OS(=O)(=O)O)[C@@H](OS(=O)(=O)O)C[C@]4(C)[C@H]3CC[C@]12C. The Kier molecular flexibility index (Phi) is 8.53. The van der Waals surface area contributed by atoms with E-state index < -0.39 is 44.3 Å². The molecule has 38 heavy (non-hydrogen) atoms. The summed E-state index contributed by atoms with van der Waals surface area (Å²) >= 11 is 0. The van der Waals surface area contributed by atoms with Crippen LogP contribution in [-0.4, -0.2) is 43.9 Å². The summed E-state index contributed by atoms with van der Waals surface area (Å²) in [7, 11) is -9.84. The number of carbonyl (C=O) groups excluding carboxylic acids is 1. The summed E-state index contributed by atoms with van der Waals surface area (Å²) in [6, 6.07) is 0. The lowest BCUT2D eigenvalue weighted by Gasteiger charge is -2.61. The highest BCUT2D eigenvalue weighted by atomic mass is 32.3. The molecule has 4 rings (SSSR count). The molecule has 4 aliphatic rings. The van der Waals surface area contributed by atoms with Gasteiger partial charge in [0.1, 0.15) is 18.0 Å². The third-order valence-corrected chi connectivity index (χ3v) is 12.1. The molecule has 0 bridgehead atoms. The third kappa shape index (κ3) is 6.03. The van der Waals surface area contributed by atoms with Crippen molar-refractivity contribution in [3.63, 3.8) is 0 Å². The van der Waals surface area contributed by atoms with Gasteiger partial charge in [0.15, 0.2) is 0 Å². The molecule has 0 amide bonds. The molecule has 2 N–H and O–H groups in total. The highest BCUT2D eigenvalue weighted by molar-refractivity contribution is 7.81. The quantitative estimate of drug-likeness (QED) is 0.349. The van der Waals surface area contributed by atoms with Crippen molar-refractivity contribution in [2.45, 2.75) is 111 Å². The summed E-state index contributed by atoms with van der Waals surface area (Å²) in [4.78, 5) is 13.6. The molecule has 9 nitrogen and oxygen atoms in total. The van der Waals surface area contributed by atoms with Gasteiger partial charge in [-0.15, -0.1) is 0 Å². The second-order valence-corrected chi connectivity index (χ2v) is 15.8. The number of carbonyl (C=O) groups is 1. The van der Waals surface area contributed by atoms with Crippen LogP contribution in [0.4, 0.5) is 0 Å². The lowest BCUT2D eigenvalue weighted by molar-refractivity contribution is -0.169. The predicted molar refractivity (Wildman–Crippen MR) is 142 cm³/mol. The largest absolute Gasteiger partial charge is 0.397 e. The highest BCUT2D eigenvalue weighted by Crippen LogP contribution is 2.68. The van der Waals surface area contributed by atoms with Crippen LogP contribution in [0.25, 0.3) is 0 Å². The number of rotatable bonds is 9. The van der Waals surface area contributed by atoms with E-state index in [1.165, 1.54) is 25.7 Å². The molecule has 10 atom stereocenters. The number of Topliss-reactive ketones (excluding diaryl/α,β-unsaturated/α-hetero) is 1. The molecule has 0 aromatic heterocycles. The Balaban J connectivity index is 1.58. The summed E-state index contributed by atoms with van der Waals surface area (Å²) in [6.45, 7) is 11.3. The smallest absolute Gasteiger partial charge is 0.299 e. The van der Waals surface area contributed by atoms with Crippen molar-refractivity contribution >= 4 is 26.6 Å². The molecular weight excluding hydrogens is 532 g/mol. The zero-order valence-corrected chi connectivity index (χ0v) is 25.0. The molecule has 4 saturated carbocycles. The Hall–Kier alpha value is -0.590. The van der Waals surface area contributed by atoms with Crippen molar-refractivity contribution in [1.29, 1.82) is 0 Å². The van der Waals surface area contributed by atoms with Gasteiger partial charge in [0, 0.05) is 12.3 Å². The van der Waals surface area contributed by atoms with Crippen LogP contribution < -0.4 is 0 Å². The van der Waals surface area contributed by atoms with Gasteiger partial charge in [0.05, 0.1) is 0 Å². The first-order valence-corrected chi connectivity index (χ1v) is 17.0. The van der Waals surface area contributed by atoms with E-state index >= 15 is 0 Å². The zero-order valence-electron chi connectivity index (χ0n) is 23.3. The fourth-order valence-corrected chi connectivity index (χ4v) is 10.6. The van der Waals surface area contributed by atoms with Crippen LogP contribution in [0, 0.1) is 52.3 Å². The molecular formula is C27H46O9S2. The summed E-state index contributed by atoms with van der Waals surface area (Å²) in [6.07, 6.45) is 5.59. The molecule has 0 spiro atoms. The van der Waals surface area contributed by atoms with Gasteiger partial charge in [-0.05, 0) is 84.9 Å². The molecule has 0 aromatic carbocycles. The molecule has 0 aromatic rings. The number of hydrogen-bond donors (Lipinski definition) is 2. The van der Waals surface area contributed by atoms with Gasteiger partial charge in [-0.1, -0.05) is 53.9 Å². The van der Waals surface area contributed by atoms with Crippen LogP contribution in [0.3, 0.4) is 0 Å². The van der Waals surface area contributed by atoms with Crippen LogP contribution in [0.15, 0.2) is 0 Å². The number of hydrogen-bond acceptors (Lipinski definition) is 7. The summed E-state index contributed by atoms with van der Waals surface area (Å²) < 4.78 is 74.6. The number of ketones is 1. The van der Waals surface area contributed by atoms with Crippen molar-refractivity contribution in [2.24, 2.45) is 52.3 Å². The van der Waals surface area contributed by atoms with Gasteiger partial charge >= 0.3 is 20.8 Å². The average molecular weight is 579 g/mol. The summed E-state index contributed by atoms with van der Waals surface area (Å²) in [5, 5.41) is 0. The van der Waals surface area contributed by atoms with Crippen molar-refractivity contribution in [1.82, 2.24) is 0 Å². The van der Waals surface area contributed by atoms with Gasteiger partial charge in [-0.25, -0.2) is 8.37 Å². The van der Waals surface area contributed by atoms with E-state index in [0.717, 1.165) is 19.3 Å². The van der Waals surface area contributed by atoms with E-state index in [1.54, 1.807) is 0 Å². The monoisotopic (exact) mass is 578 g/mol. The van der Waals surface area contributed by atoms with Gasteiger partial charge < -0.3 is 0 Å². The second kappa shape index (κ2) is 10.7. The maximum atomic E-state index is 13.6. The summed E-state index contributed by atoms with van der Waals surface area (Å²) in [5.41, 5.74) is -0.464. The lowest BCUT2D eigenvalue weighted by atomic mass is 9.44. The molecule has 0 saturated heterocycles. The van der Waals surface area contributed by atoms with E-state index in [2.05, 4.69) is 27.7 Å². The van der Waals surface area contributed by atoms with Crippen molar-refractivity contribution in [3.05, 3.63) is 0 Å². The fourth-order valence-electron chi connectivity index (χ4n) is 9.57. The van der Waals surface area contributed by atoms with E-state index in [9.17, 15) is 30.7 Å². The molecule has 0 radical (unpaired) electrons. The Morgan fingerprint density at radius 3 is 2.11 bits per heavy atom. The molecule has 0 aliphatic heterocycles. The first kappa shape index (κ1) is 30.4. The zero-order chi connectivity index (χ0) is 28.3. The first-order valence-electron chi connectivity index (χ1n) is 14.3. The van der Waals surface area contributed by atoms with Gasteiger partial charge in [-0.2, -0.15) is 16.8 Å². The van der Waals surface area contributed by atoms with Gasteiger partial charge in [0.2, 0.25) is 0 Å². The molecule has 11 heteroatoms. The van der Waals surface area contributed by atoms with Crippen molar-refractivity contribution < 1.29 is 39.1 Å². The second-order valence-electron chi connectivity index (χ2n) is 13.7. The topological polar surface area (TPSA) is 144 Å². The van der Waals surface area contributed by atoms with Crippen molar-refractivity contribution in [3.8, 4) is 0 Å².